The van der Waals surface area contributed by atoms with E-state index < -0.39 is 24.9 Å². The third kappa shape index (κ3) is 5.95. The molecule has 1 heterocycles. The van der Waals surface area contributed by atoms with E-state index in [-0.39, 0.29) is 6.04 Å². The van der Waals surface area contributed by atoms with Crippen molar-refractivity contribution in [2.24, 2.45) is 0 Å². The van der Waals surface area contributed by atoms with Crippen molar-refractivity contribution in [3.05, 3.63) is 0 Å². The Hall–Kier alpha value is -0.780. The van der Waals surface area contributed by atoms with Crippen LogP contribution in [0.3, 0.4) is 0 Å². The molecule has 0 bridgehead atoms. The third-order valence-electron chi connectivity index (χ3n) is 2.55. The zero-order valence-electron chi connectivity index (χ0n) is 9.07. The minimum Gasteiger partial charge on any atom is -0.352 e. The maximum Gasteiger partial charge on any atom is 0.389 e. The number of rotatable bonds is 3. The maximum absolute atomic E-state index is 11.9. The second-order valence-electron chi connectivity index (χ2n) is 4.08. The molecule has 0 saturated carbocycles. The van der Waals surface area contributed by atoms with Crippen molar-refractivity contribution >= 4 is 5.91 Å². The molecule has 16 heavy (non-hydrogen) atoms. The highest BCUT2D eigenvalue weighted by Crippen LogP contribution is 2.21. The number of carbonyl (C=O) groups is 1. The van der Waals surface area contributed by atoms with Crippen LogP contribution in [0.15, 0.2) is 0 Å². The molecule has 0 aromatic heterocycles. The van der Waals surface area contributed by atoms with Gasteiger partial charge in [0.05, 0.1) is 6.42 Å². The summed E-state index contributed by atoms with van der Waals surface area (Å²) in [6, 6.07) is -0.0248. The number of halogens is 3. The summed E-state index contributed by atoms with van der Waals surface area (Å²) in [5.41, 5.74) is 0. The first-order chi connectivity index (χ1) is 7.47. The Morgan fingerprint density at radius 2 is 2.12 bits per heavy atom. The molecule has 0 aliphatic carbocycles. The van der Waals surface area contributed by atoms with Gasteiger partial charge in [-0.25, -0.2) is 0 Å². The summed E-state index contributed by atoms with van der Waals surface area (Å²) in [6.45, 7) is 1.56. The second kappa shape index (κ2) is 6.08. The quantitative estimate of drug-likeness (QED) is 0.784. The van der Waals surface area contributed by atoms with E-state index in [1.165, 1.54) is 0 Å². The predicted molar refractivity (Wildman–Crippen MR) is 53.9 cm³/mol. The predicted octanol–water partition coefficient (Wildman–Crippen LogP) is 1.59. The van der Waals surface area contributed by atoms with E-state index in [1.54, 1.807) is 0 Å². The SMILES string of the molecule is O=C(CCC(F)(F)F)NC1CCCCNC1. The lowest BCUT2D eigenvalue weighted by Gasteiger charge is -2.16. The van der Waals surface area contributed by atoms with E-state index >= 15 is 0 Å². The van der Waals surface area contributed by atoms with Gasteiger partial charge in [-0.1, -0.05) is 6.42 Å². The van der Waals surface area contributed by atoms with Crippen molar-refractivity contribution < 1.29 is 18.0 Å². The van der Waals surface area contributed by atoms with E-state index in [9.17, 15) is 18.0 Å². The average molecular weight is 238 g/mol. The van der Waals surface area contributed by atoms with Crippen LogP contribution in [0.4, 0.5) is 13.2 Å². The van der Waals surface area contributed by atoms with Crippen molar-refractivity contribution in [2.75, 3.05) is 13.1 Å². The highest BCUT2D eigenvalue weighted by atomic mass is 19.4. The minimum atomic E-state index is -4.25. The van der Waals surface area contributed by atoms with Crippen molar-refractivity contribution in [1.29, 1.82) is 0 Å². The number of amides is 1. The number of hydrogen-bond donors (Lipinski definition) is 2. The Labute approximate surface area is 92.8 Å². The molecule has 1 aliphatic heterocycles. The number of carbonyl (C=O) groups excluding carboxylic acids is 1. The Kier molecular flexibility index (Phi) is 5.05. The van der Waals surface area contributed by atoms with Crippen LogP contribution in [-0.2, 0) is 4.79 Å². The first-order valence-electron chi connectivity index (χ1n) is 5.54. The molecule has 1 saturated heterocycles. The second-order valence-corrected chi connectivity index (χ2v) is 4.08. The monoisotopic (exact) mass is 238 g/mol. The zero-order chi connectivity index (χ0) is 12.0. The van der Waals surface area contributed by atoms with Crippen molar-refractivity contribution in [3.63, 3.8) is 0 Å². The molecule has 1 rings (SSSR count). The molecule has 1 unspecified atom stereocenters. The van der Waals surface area contributed by atoms with Crippen molar-refractivity contribution in [1.82, 2.24) is 10.6 Å². The number of alkyl halides is 3. The molecule has 6 heteroatoms. The third-order valence-corrected chi connectivity index (χ3v) is 2.55. The summed E-state index contributed by atoms with van der Waals surface area (Å²) in [5, 5.41) is 5.77. The standard InChI is InChI=1S/C10H17F3N2O/c11-10(12,13)5-4-9(16)15-8-3-1-2-6-14-7-8/h8,14H,1-7H2,(H,15,16). The van der Waals surface area contributed by atoms with Crippen LogP contribution in [0, 0.1) is 0 Å². The summed E-state index contributed by atoms with van der Waals surface area (Å²) in [5.74, 6) is -0.508. The van der Waals surface area contributed by atoms with Gasteiger partial charge in [0.1, 0.15) is 0 Å². The van der Waals surface area contributed by atoms with E-state index in [1.807, 2.05) is 0 Å². The van der Waals surface area contributed by atoms with Gasteiger partial charge in [0.25, 0.3) is 0 Å². The summed E-state index contributed by atoms with van der Waals surface area (Å²) in [4.78, 5) is 11.2. The fourth-order valence-electron chi connectivity index (χ4n) is 1.70. The Balaban J connectivity index is 2.22. The average Bonchev–Trinajstić information content (AvgIpc) is 2.42. The van der Waals surface area contributed by atoms with Gasteiger partial charge >= 0.3 is 6.18 Å². The topological polar surface area (TPSA) is 41.1 Å². The lowest BCUT2D eigenvalue weighted by atomic mass is 10.1. The van der Waals surface area contributed by atoms with Gasteiger partial charge in [-0.3, -0.25) is 4.79 Å². The molecule has 1 aliphatic rings. The molecule has 0 spiro atoms. The lowest BCUT2D eigenvalue weighted by Crippen LogP contribution is -2.41. The van der Waals surface area contributed by atoms with E-state index in [0.29, 0.717) is 6.54 Å². The molecule has 1 amide bonds. The molecule has 1 atom stereocenters. The van der Waals surface area contributed by atoms with Crippen molar-refractivity contribution in [3.8, 4) is 0 Å². The molecular weight excluding hydrogens is 221 g/mol. The lowest BCUT2D eigenvalue weighted by molar-refractivity contribution is -0.144. The van der Waals surface area contributed by atoms with Gasteiger partial charge in [-0.2, -0.15) is 13.2 Å². The van der Waals surface area contributed by atoms with E-state index in [2.05, 4.69) is 10.6 Å². The first kappa shape index (κ1) is 13.3. The van der Waals surface area contributed by atoms with Crippen LogP contribution < -0.4 is 10.6 Å². The molecule has 1 fully saturated rings. The minimum absolute atomic E-state index is 0.0248. The summed E-state index contributed by atoms with van der Waals surface area (Å²) < 4.78 is 35.6. The van der Waals surface area contributed by atoms with Crippen molar-refractivity contribution in [2.45, 2.75) is 44.3 Å². The van der Waals surface area contributed by atoms with Crippen LogP contribution in [0.25, 0.3) is 0 Å². The fraction of sp³-hybridized carbons (Fsp3) is 0.900. The van der Waals surface area contributed by atoms with Gasteiger partial charge < -0.3 is 10.6 Å². The van der Waals surface area contributed by atoms with Gasteiger partial charge in [0, 0.05) is 19.0 Å². The first-order valence-corrected chi connectivity index (χ1v) is 5.54. The van der Waals surface area contributed by atoms with Crippen LogP contribution in [0.2, 0.25) is 0 Å². The molecule has 2 N–H and O–H groups in total. The smallest absolute Gasteiger partial charge is 0.352 e. The van der Waals surface area contributed by atoms with Gasteiger partial charge in [-0.15, -0.1) is 0 Å². The normalized spacial score (nSPS) is 22.6. The molecule has 3 nitrogen and oxygen atoms in total. The molecule has 0 radical (unpaired) electrons. The van der Waals surface area contributed by atoms with Crippen LogP contribution in [-0.4, -0.2) is 31.2 Å². The van der Waals surface area contributed by atoms with E-state index in [4.69, 9.17) is 0 Å². The summed E-state index contributed by atoms with van der Waals surface area (Å²) in [6.07, 6.45) is -2.88. The summed E-state index contributed by atoms with van der Waals surface area (Å²) in [7, 11) is 0. The van der Waals surface area contributed by atoms with Gasteiger partial charge in [0.15, 0.2) is 0 Å². The molecule has 0 aromatic rings. The van der Waals surface area contributed by atoms with Crippen LogP contribution in [0.1, 0.15) is 32.1 Å². The van der Waals surface area contributed by atoms with Gasteiger partial charge in [-0.05, 0) is 19.4 Å². The Morgan fingerprint density at radius 1 is 1.38 bits per heavy atom. The zero-order valence-corrected chi connectivity index (χ0v) is 9.07. The molecular formula is C10H17F3N2O. The largest absolute Gasteiger partial charge is 0.389 e. The summed E-state index contributed by atoms with van der Waals surface area (Å²) >= 11 is 0. The molecule has 0 aromatic carbocycles. The molecule has 94 valence electrons. The van der Waals surface area contributed by atoms with Crippen LogP contribution in [0.5, 0.6) is 0 Å². The van der Waals surface area contributed by atoms with Gasteiger partial charge in [0.2, 0.25) is 5.91 Å². The number of nitrogens with one attached hydrogen (secondary N) is 2. The number of hydrogen-bond acceptors (Lipinski definition) is 2. The Bertz CT molecular complexity index is 223. The fourth-order valence-corrected chi connectivity index (χ4v) is 1.70. The maximum atomic E-state index is 11.9. The highest BCUT2D eigenvalue weighted by molar-refractivity contribution is 5.76. The highest BCUT2D eigenvalue weighted by Gasteiger charge is 2.28. The van der Waals surface area contributed by atoms with E-state index in [0.717, 1.165) is 25.8 Å². The van der Waals surface area contributed by atoms with Crippen LogP contribution >= 0.6 is 0 Å². The Morgan fingerprint density at radius 3 is 2.81 bits per heavy atom.